The summed E-state index contributed by atoms with van der Waals surface area (Å²) < 4.78 is 13.5. The Morgan fingerprint density at radius 1 is 1.20 bits per heavy atom. The predicted octanol–water partition coefficient (Wildman–Crippen LogP) is 4.19. The van der Waals surface area contributed by atoms with Gasteiger partial charge in [-0.2, -0.15) is 0 Å². The molecule has 1 N–H and O–H groups in total. The van der Waals surface area contributed by atoms with E-state index in [9.17, 15) is 14.4 Å². The number of carbonyl (C=O) groups excluding carboxylic acids is 2. The molecule has 1 aromatic carbocycles. The maximum Gasteiger partial charge on any atom is 0.326 e. The number of hydrogen-bond donors (Lipinski definition) is 1. The van der Waals surface area contributed by atoms with E-state index in [1.165, 1.54) is 6.20 Å². The normalized spacial score (nSPS) is 21.6. The van der Waals surface area contributed by atoms with Crippen molar-refractivity contribution >= 4 is 33.8 Å². The fourth-order valence-electron chi connectivity index (χ4n) is 6.76. The molecule has 2 bridgehead atoms. The number of nitrogens with one attached hydrogen (secondary N) is 1. The van der Waals surface area contributed by atoms with Crippen molar-refractivity contribution in [2.24, 2.45) is 11.8 Å². The highest BCUT2D eigenvalue weighted by Gasteiger charge is 2.44. The van der Waals surface area contributed by atoms with E-state index in [-0.39, 0.29) is 18.2 Å². The number of carbonyl (C=O) groups is 2. The maximum atomic E-state index is 13.4. The Hall–Kier alpha value is -4.57. The molecule has 5 atom stereocenters. The Kier molecular flexibility index (Phi) is 8.18. The predicted molar refractivity (Wildman–Crippen MR) is 168 cm³/mol. The van der Waals surface area contributed by atoms with Crippen LogP contribution in [-0.2, 0) is 16.1 Å². The lowest BCUT2D eigenvalue weighted by Gasteiger charge is -2.51. The Morgan fingerprint density at radius 2 is 2.05 bits per heavy atom. The standard InChI is InChI=1S/C34H37N5O5/c1-5-21-18-39-14-12-22(21)15-29(39)32(24-11-13-35-28-10-8-23(43-4)16-26(24)28)44-30(40)17-36-34(42)27-19-38(6-2)33-25(31(27)41)9-7-20(3)37-33/h5,7-11,13,16,19,21-22,29,32H,1,6,12,14-15,17-18H2,2-4H3,(H,36,42)/t21-,22-,29-,32+/m0/s1. The number of ether oxygens (including phenoxy) is 2. The molecule has 10 heteroatoms. The Labute approximate surface area is 255 Å². The number of fused-ring (bicyclic) bond motifs is 5. The Morgan fingerprint density at radius 3 is 2.77 bits per heavy atom. The van der Waals surface area contributed by atoms with Crippen LogP contribution in [0.3, 0.4) is 0 Å². The van der Waals surface area contributed by atoms with Crippen LogP contribution in [0.1, 0.15) is 47.5 Å². The minimum absolute atomic E-state index is 0.0467. The van der Waals surface area contributed by atoms with Crippen molar-refractivity contribution in [1.29, 1.82) is 0 Å². The molecule has 1 unspecified atom stereocenters. The number of rotatable bonds is 9. The van der Waals surface area contributed by atoms with E-state index in [0.717, 1.165) is 48.1 Å². The van der Waals surface area contributed by atoms with Gasteiger partial charge < -0.3 is 19.4 Å². The zero-order valence-electron chi connectivity index (χ0n) is 25.3. The number of aryl methyl sites for hydroxylation is 2. The van der Waals surface area contributed by atoms with Gasteiger partial charge in [0, 0.05) is 42.1 Å². The minimum Gasteiger partial charge on any atom is -0.497 e. The lowest BCUT2D eigenvalue weighted by molar-refractivity contribution is -0.156. The van der Waals surface area contributed by atoms with Crippen molar-refractivity contribution in [1.82, 2.24) is 24.8 Å². The van der Waals surface area contributed by atoms with E-state index in [4.69, 9.17) is 9.47 Å². The maximum absolute atomic E-state index is 13.4. The van der Waals surface area contributed by atoms with Crippen LogP contribution in [0.15, 0.2) is 66.2 Å². The third-order valence-corrected chi connectivity index (χ3v) is 9.09. The molecular formula is C34H37N5O5. The summed E-state index contributed by atoms with van der Waals surface area (Å²) in [5.74, 6) is 0.311. The van der Waals surface area contributed by atoms with Gasteiger partial charge in [-0.1, -0.05) is 6.08 Å². The molecule has 3 aliphatic rings. The lowest BCUT2D eigenvalue weighted by Crippen LogP contribution is -2.55. The number of piperidine rings is 3. The summed E-state index contributed by atoms with van der Waals surface area (Å²) in [5.41, 5.74) is 2.42. The van der Waals surface area contributed by atoms with Gasteiger partial charge in [-0.15, -0.1) is 6.58 Å². The number of nitrogens with zero attached hydrogens (tertiary/aromatic N) is 4. The number of benzene rings is 1. The number of amides is 1. The topological polar surface area (TPSA) is 116 Å². The van der Waals surface area contributed by atoms with Gasteiger partial charge in [0.1, 0.15) is 29.6 Å². The second kappa shape index (κ2) is 12.2. The summed E-state index contributed by atoms with van der Waals surface area (Å²) in [4.78, 5) is 51.3. The molecule has 0 saturated carbocycles. The third-order valence-electron chi connectivity index (χ3n) is 9.09. The molecule has 0 aliphatic carbocycles. The Balaban J connectivity index is 1.27. The van der Waals surface area contributed by atoms with Gasteiger partial charge in [0.25, 0.3) is 5.91 Å². The largest absolute Gasteiger partial charge is 0.497 e. The van der Waals surface area contributed by atoms with Crippen LogP contribution in [0.25, 0.3) is 21.9 Å². The van der Waals surface area contributed by atoms with Crippen molar-refractivity contribution in [3.8, 4) is 5.75 Å². The highest BCUT2D eigenvalue weighted by molar-refractivity contribution is 5.98. The lowest BCUT2D eigenvalue weighted by atomic mass is 9.73. The first-order valence-electron chi connectivity index (χ1n) is 15.1. The van der Waals surface area contributed by atoms with Crippen molar-refractivity contribution < 1.29 is 19.1 Å². The van der Waals surface area contributed by atoms with Gasteiger partial charge >= 0.3 is 5.97 Å². The van der Waals surface area contributed by atoms with Crippen molar-refractivity contribution in [3.63, 3.8) is 0 Å². The van der Waals surface area contributed by atoms with Gasteiger partial charge in [0.05, 0.1) is 24.1 Å². The highest BCUT2D eigenvalue weighted by Crippen LogP contribution is 2.43. The van der Waals surface area contributed by atoms with E-state index in [2.05, 4.69) is 26.8 Å². The molecule has 7 rings (SSSR count). The first kappa shape index (κ1) is 29.5. The van der Waals surface area contributed by atoms with Crippen LogP contribution < -0.4 is 15.5 Å². The molecule has 3 aromatic heterocycles. The van der Waals surface area contributed by atoms with Crippen LogP contribution >= 0.6 is 0 Å². The van der Waals surface area contributed by atoms with E-state index >= 15 is 0 Å². The zero-order chi connectivity index (χ0) is 31.0. The van der Waals surface area contributed by atoms with E-state index in [1.54, 1.807) is 30.0 Å². The van der Waals surface area contributed by atoms with Crippen molar-refractivity contribution in [2.75, 3.05) is 26.7 Å². The third kappa shape index (κ3) is 5.45. The summed E-state index contributed by atoms with van der Waals surface area (Å²) in [7, 11) is 1.61. The first-order valence-corrected chi connectivity index (χ1v) is 15.1. The number of aromatic nitrogens is 3. The number of esters is 1. The van der Waals surface area contributed by atoms with E-state index in [0.29, 0.717) is 35.2 Å². The monoisotopic (exact) mass is 595 g/mol. The second-order valence-electron chi connectivity index (χ2n) is 11.6. The first-order chi connectivity index (χ1) is 21.3. The number of methoxy groups -OCH3 is 1. The minimum atomic E-state index is -0.637. The smallest absolute Gasteiger partial charge is 0.326 e. The summed E-state index contributed by atoms with van der Waals surface area (Å²) in [6.45, 7) is 9.71. The molecule has 3 aliphatic heterocycles. The van der Waals surface area contributed by atoms with Crippen LogP contribution in [0, 0.1) is 18.8 Å². The Bertz CT molecular complexity index is 1820. The molecule has 0 radical (unpaired) electrons. The van der Waals surface area contributed by atoms with Gasteiger partial charge in [-0.3, -0.25) is 24.3 Å². The fourth-order valence-corrected chi connectivity index (χ4v) is 6.76. The summed E-state index contributed by atoms with van der Waals surface area (Å²) >= 11 is 0. The van der Waals surface area contributed by atoms with Gasteiger partial charge in [0.2, 0.25) is 5.43 Å². The molecule has 10 nitrogen and oxygen atoms in total. The van der Waals surface area contributed by atoms with Gasteiger partial charge in [-0.05, 0) is 81.5 Å². The van der Waals surface area contributed by atoms with E-state index in [1.807, 2.05) is 44.2 Å². The van der Waals surface area contributed by atoms with Crippen LogP contribution in [0.2, 0.25) is 0 Å². The summed E-state index contributed by atoms with van der Waals surface area (Å²) in [6.07, 6.45) is 6.59. The molecule has 3 fully saturated rings. The molecular weight excluding hydrogens is 558 g/mol. The molecule has 0 spiro atoms. The van der Waals surface area contributed by atoms with Crippen LogP contribution in [0.5, 0.6) is 5.75 Å². The SMILES string of the molecule is C=C[C@H]1CN2CC[C@H]1C[C@H]2[C@H](OC(=O)CNC(=O)c1cn(CC)c2nc(C)ccc2c1=O)c1ccnc2ccc(OC)cc12. The van der Waals surface area contributed by atoms with E-state index < -0.39 is 23.4 Å². The van der Waals surface area contributed by atoms with Crippen LogP contribution in [0.4, 0.5) is 0 Å². The van der Waals surface area contributed by atoms with Gasteiger partial charge in [0.15, 0.2) is 0 Å². The molecule has 4 aromatic rings. The van der Waals surface area contributed by atoms with Crippen molar-refractivity contribution in [3.05, 3.63) is 88.5 Å². The summed E-state index contributed by atoms with van der Waals surface area (Å²) in [5, 5.41) is 3.82. The quantitative estimate of drug-likeness (QED) is 0.226. The highest BCUT2D eigenvalue weighted by atomic mass is 16.5. The fraction of sp³-hybridized carbons (Fsp3) is 0.382. The molecule has 6 heterocycles. The molecule has 3 saturated heterocycles. The number of pyridine rings is 3. The zero-order valence-corrected chi connectivity index (χ0v) is 25.3. The summed E-state index contributed by atoms with van der Waals surface area (Å²) in [6, 6.07) is 10.9. The second-order valence-corrected chi connectivity index (χ2v) is 11.6. The van der Waals surface area contributed by atoms with Crippen LogP contribution in [-0.4, -0.2) is 64.1 Å². The molecule has 44 heavy (non-hydrogen) atoms. The average Bonchev–Trinajstić information content (AvgIpc) is 3.05. The molecule has 1 amide bonds. The van der Waals surface area contributed by atoms with Crippen molar-refractivity contribution in [2.45, 2.75) is 45.4 Å². The van der Waals surface area contributed by atoms with Gasteiger partial charge in [-0.25, -0.2) is 4.98 Å². The average molecular weight is 596 g/mol. The number of hydrogen-bond acceptors (Lipinski definition) is 8. The molecule has 228 valence electrons.